The number of benzene rings is 1. The fourth-order valence-electron chi connectivity index (χ4n) is 1.86. The number of anilines is 1. The molecule has 0 unspecified atom stereocenters. The minimum Gasteiger partial charge on any atom is -0.366 e. The summed E-state index contributed by atoms with van der Waals surface area (Å²) >= 11 is 0. The van der Waals surface area contributed by atoms with E-state index in [9.17, 15) is 13.2 Å². The highest BCUT2D eigenvalue weighted by Crippen LogP contribution is 2.24. The third-order valence-electron chi connectivity index (χ3n) is 3.08. The van der Waals surface area contributed by atoms with Crippen molar-refractivity contribution in [2.24, 2.45) is 0 Å². The number of aromatic amines is 1. The molecular weight excluding hydrogens is 288 g/mol. The van der Waals surface area contributed by atoms with E-state index in [0.717, 1.165) is 5.56 Å². The SMILES string of the molecule is CC(C)(C)c1ccc(NS(=O)(=O)c2c[nH]ccc2=O)cc1. The Morgan fingerprint density at radius 2 is 1.67 bits per heavy atom. The highest BCUT2D eigenvalue weighted by molar-refractivity contribution is 7.92. The van der Waals surface area contributed by atoms with Crippen molar-refractivity contribution in [2.75, 3.05) is 4.72 Å². The minimum absolute atomic E-state index is 0.00597. The number of hydrogen-bond acceptors (Lipinski definition) is 3. The molecule has 0 aliphatic carbocycles. The van der Waals surface area contributed by atoms with Crippen LogP contribution in [0.15, 0.2) is 52.4 Å². The van der Waals surface area contributed by atoms with Crippen molar-refractivity contribution in [3.63, 3.8) is 0 Å². The molecule has 2 rings (SSSR count). The van der Waals surface area contributed by atoms with Crippen molar-refractivity contribution in [3.05, 3.63) is 58.5 Å². The van der Waals surface area contributed by atoms with Crippen molar-refractivity contribution in [2.45, 2.75) is 31.1 Å². The number of hydrogen-bond donors (Lipinski definition) is 2. The Bertz CT molecular complexity index is 785. The summed E-state index contributed by atoms with van der Waals surface area (Å²) in [6, 6.07) is 8.29. The lowest BCUT2D eigenvalue weighted by atomic mass is 9.87. The lowest BCUT2D eigenvalue weighted by molar-refractivity contribution is 0.590. The van der Waals surface area contributed by atoms with Crippen LogP contribution in [0.2, 0.25) is 0 Å². The molecule has 2 aromatic rings. The van der Waals surface area contributed by atoms with Gasteiger partial charge in [0.1, 0.15) is 0 Å². The van der Waals surface area contributed by atoms with E-state index in [1.165, 1.54) is 18.5 Å². The first-order chi connectivity index (χ1) is 9.70. The van der Waals surface area contributed by atoms with E-state index in [-0.39, 0.29) is 10.3 Å². The van der Waals surface area contributed by atoms with Crippen LogP contribution in [0.4, 0.5) is 5.69 Å². The third-order valence-corrected chi connectivity index (χ3v) is 4.48. The predicted octanol–water partition coefficient (Wildman–Crippen LogP) is 2.47. The molecule has 0 spiro atoms. The van der Waals surface area contributed by atoms with Crippen LogP contribution >= 0.6 is 0 Å². The zero-order valence-electron chi connectivity index (χ0n) is 12.2. The Labute approximate surface area is 124 Å². The van der Waals surface area contributed by atoms with E-state index in [0.29, 0.717) is 5.69 Å². The summed E-state index contributed by atoms with van der Waals surface area (Å²) in [7, 11) is -3.89. The largest absolute Gasteiger partial charge is 0.366 e. The summed E-state index contributed by atoms with van der Waals surface area (Å²) in [5, 5.41) is 0. The average molecular weight is 306 g/mol. The second-order valence-corrected chi connectivity index (χ2v) is 7.46. The normalized spacial score (nSPS) is 12.1. The Balaban J connectivity index is 2.30. The van der Waals surface area contributed by atoms with Gasteiger partial charge in [-0.15, -0.1) is 0 Å². The van der Waals surface area contributed by atoms with Crippen LogP contribution in [0.25, 0.3) is 0 Å². The summed E-state index contributed by atoms with van der Waals surface area (Å²) in [6.07, 6.45) is 2.56. The number of nitrogens with one attached hydrogen (secondary N) is 2. The molecule has 1 heterocycles. The second kappa shape index (κ2) is 5.37. The van der Waals surface area contributed by atoms with E-state index in [1.54, 1.807) is 12.1 Å². The third kappa shape index (κ3) is 3.52. The Kier molecular flexibility index (Phi) is 3.91. The summed E-state index contributed by atoms with van der Waals surface area (Å²) < 4.78 is 26.8. The fourth-order valence-corrected chi connectivity index (χ4v) is 2.97. The predicted molar refractivity (Wildman–Crippen MR) is 83.0 cm³/mol. The van der Waals surface area contributed by atoms with Crippen LogP contribution < -0.4 is 10.2 Å². The highest BCUT2D eigenvalue weighted by atomic mass is 32.2. The number of rotatable bonds is 3. The molecule has 0 aliphatic rings. The lowest BCUT2D eigenvalue weighted by Gasteiger charge is -2.19. The monoisotopic (exact) mass is 306 g/mol. The Morgan fingerprint density at radius 1 is 1.05 bits per heavy atom. The van der Waals surface area contributed by atoms with E-state index in [1.807, 2.05) is 12.1 Å². The van der Waals surface area contributed by atoms with E-state index >= 15 is 0 Å². The van der Waals surface area contributed by atoms with Crippen molar-refractivity contribution >= 4 is 15.7 Å². The van der Waals surface area contributed by atoms with Crippen molar-refractivity contribution in [1.29, 1.82) is 0 Å². The summed E-state index contributed by atoms with van der Waals surface area (Å²) in [6.45, 7) is 6.24. The molecule has 1 aromatic carbocycles. The average Bonchev–Trinajstić information content (AvgIpc) is 2.38. The quantitative estimate of drug-likeness (QED) is 0.914. The highest BCUT2D eigenvalue weighted by Gasteiger charge is 2.18. The van der Waals surface area contributed by atoms with Gasteiger partial charge in [-0.2, -0.15) is 0 Å². The molecule has 0 fully saturated rings. The molecule has 112 valence electrons. The maximum absolute atomic E-state index is 12.2. The van der Waals surface area contributed by atoms with Crippen molar-refractivity contribution < 1.29 is 8.42 Å². The van der Waals surface area contributed by atoms with Gasteiger partial charge in [0.05, 0.1) is 0 Å². The first kappa shape index (κ1) is 15.3. The van der Waals surface area contributed by atoms with Gasteiger partial charge in [0.15, 0.2) is 4.90 Å². The summed E-state index contributed by atoms with van der Waals surface area (Å²) in [5.74, 6) is 0. The second-order valence-electron chi connectivity index (χ2n) is 5.81. The molecule has 0 saturated heterocycles. The van der Waals surface area contributed by atoms with E-state index in [2.05, 4.69) is 30.5 Å². The van der Waals surface area contributed by atoms with E-state index < -0.39 is 15.5 Å². The number of aromatic nitrogens is 1. The van der Waals surface area contributed by atoms with Crippen molar-refractivity contribution in [3.8, 4) is 0 Å². The molecular formula is C15H18N2O3S. The number of sulfonamides is 1. The molecule has 1 aromatic heterocycles. The van der Waals surface area contributed by atoms with Crippen LogP contribution in [-0.4, -0.2) is 13.4 Å². The molecule has 0 aliphatic heterocycles. The van der Waals surface area contributed by atoms with Gasteiger partial charge in [-0.05, 0) is 23.1 Å². The smallest absolute Gasteiger partial charge is 0.267 e. The zero-order chi connectivity index (χ0) is 15.7. The summed E-state index contributed by atoms with van der Waals surface area (Å²) in [5.41, 5.74) is 0.968. The van der Waals surface area contributed by atoms with Gasteiger partial charge in [0, 0.05) is 24.1 Å². The molecule has 6 heteroatoms. The van der Waals surface area contributed by atoms with Gasteiger partial charge in [-0.25, -0.2) is 8.42 Å². The molecule has 0 radical (unpaired) electrons. The van der Waals surface area contributed by atoms with Gasteiger partial charge in [0.2, 0.25) is 5.43 Å². The Morgan fingerprint density at radius 3 is 2.19 bits per heavy atom. The summed E-state index contributed by atoms with van der Waals surface area (Å²) in [4.78, 5) is 13.9. The zero-order valence-corrected chi connectivity index (χ0v) is 13.0. The molecule has 2 N–H and O–H groups in total. The van der Waals surface area contributed by atoms with E-state index in [4.69, 9.17) is 0 Å². The molecule has 0 bridgehead atoms. The van der Waals surface area contributed by atoms with Crippen LogP contribution in [0.1, 0.15) is 26.3 Å². The van der Waals surface area contributed by atoms with Gasteiger partial charge in [-0.1, -0.05) is 32.9 Å². The molecule has 0 saturated carbocycles. The van der Waals surface area contributed by atoms with Crippen LogP contribution in [0, 0.1) is 0 Å². The van der Waals surface area contributed by atoms with Crippen LogP contribution in [-0.2, 0) is 15.4 Å². The standard InChI is InChI=1S/C15H18N2O3S/c1-15(2,3)11-4-6-12(7-5-11)17-21(19,20)14-10-16-9-8-13(14)18/h4-10,17H,1-3H3,(H,16,18). The van der Waals surface area contributed by atoms with Gasteiger partial charge >= 0.3 is 0 Å². The maximum Gasteiger partial charge on any atom is 0.267 e. The number of H-pyrrole nitrogens is 1. The van der Waals surface area contributed by atoms with Crippen LogP contribution in [0.5, 0.6) is 0 Å². The number of pyridine rings is 1. The Hall–Kier alpha value is -2.08. The molecule has 5 nitrogen and oxygen atoms in total. The van der Waals surface area contributed by atoms with Gasteiger partial charge in [-0.3, -0.25) is 9.52 Å². The van der Waals surface area contributed by atoms with Gasteiger partial charge in [0.25, 0.3) is 10.0 Å². The maximum atomic E-state index is 12.2. The lowest BCUT2D eigenvalue weighted by Crippen LogP contribution is -2.21. The van der Waals surface area contributed by atoms with Crippen molar-refractivity contribution in [1.82, 2.24) is 4.98 Å². The van der Waals surface area contributed by atoms with Crippen LogP contribution in [0.3, 0.4) is 0 Å². The molecule has 0 amide bonds. The molecule has 21 heavy (non-hydrogen) atoms. The first-order valence-corrected chi connectivity index (χ1v) is 7.99. The fraction of sp³-hybridized carbons (Fsp3) is 0.267. The topological polar surface area (TPSA) is 79.0 Å². The molecule has 0 atom stereocenters. The minimum atomic E-state index is -3.89. The first-order valence-electron chi connectivity index (χ1n) is 6.51. The van der Waals surface area contributed by atoms with Gasteiger partial charge < -0.3 is 4.98 Å².